The molecule has 0 radical (unpaired) electrons. The van der Waals surface area contributed by atoms with Gasteiger partial charge in [0.05, 0.1) is 0 Å². The van der Waals surface area contributed by atoms with Crippen LogP contribution in [0.5, 0.6) is 0 Å². The van der Waals surface area contributed by atoms with Crippen LogP contribution < -0.4 is 5.32 Å². The summed E-state index contributed by atoms with van der Waals surface area (Å²) >= 11 is 0. The Hall–Kier alpha value is -0.340. The summed E-state index contributed by atoms with van der Waals surface area (Å²) in [5.74, 6) is 2.58. The van der Waals surface area contributed by atoms with Crippen molar-refractivity contribution in [1.29, 1.82) is 0 Å². The third-order valence-corrected chi connectivity index (χ3v) is 4.02. The molecule has 2 heteroatoms. The number of hydrogen-bond donors (Lipinski definition) is 2. The molecule has 2 aliphatic carbocycles. The Morgan fingerprint density at radius 2 is 2.20 bits per heavy atom. The minimum absolute atomic E-state index is 0.326. The van der Waals surface area contributed by atoms with Crippen LogP contribution in [0.25, 0.3) is 0 Å². The first-order valence-corrected chi connectivity index (χ1v) is 6.34. The van der Waals surface area contributed by atoms with Gasteiger partial charge in [-0.1, -0.05) is 12.2 Å². The molecule has 0 aromatic carbocycles. The highest BCUT2D eigenvalue weighted by Crippen LogP contribution is 2.44. The van der Waals surface area contributed by atoms with Crippen LogP contribution in [0.4, 0.5) is 0 Å². The average molecular weight is 209 g/mol. The summed E-state index contributed by atoms with van der Waals surface area (Å²) in [6.45, 7) is 3.70. The van der Waals surface area contributed by atoms with Gasteiger partial charge >= 0.3 is 0 Å². The van der Waals surface area contributed by atoms with E-state index in [4.69, 9.17) is 5.11 Å². The average Bonchev–Trinajstić information content (AvgIpc) is 2.85. The zero-order valence-electron chi connectivity index (χ0n) is 9.65. The second-order valence-electron chi connectivity index (χ2n) is 5.12. The van der Waals surface area contributed by atoms with Gasteiger partial charge in [-0.25, -0.2) is 0 Å². The molecule has 2 rings (SSSR count). The molecule has 0 aliphatic heterocycles. The van der Waals surface area contributed by atoms with Crippen LogP contribution in [0, 0.1) is 17.8 Å². The number of aliphatic hydroxyl groups excluding tert-OH is 1. The zero-order chi connectivity index (χ0) is 10.7. The van der Waals surface area contributed by atoms with E-state index in [1.54, 1.807) is 0 Å². The molecule has 2 nitrogen and oxygen atoms in total. The molecule has 2 bridgehead atoms. The predicted octanol–water partition coefficient (Wildman–Crippen LogP) is 1.95. The quantitative estimate of drug-likeness (QED) is 0.517. The number of rotatable bonds is 6. The van der Waals surface area contributed by atoms with Crippen LogP contribution in [0.2, 0.25) is 0 Å². The minimum Gasteiger partial charge on any atom is -0.396 e. The summed E-state index contributed by atoms with van der Waals surface area (Å²) in [4.78, 5) is 0. The topological polar surface area (TPSA) is 32.3 Å². The van der Waals surface area contributed by atoms with Crippen molar-refractivity contribution in [2.24, 2.45) is 17.8 Å². The van der Waals surface area contributed by atoms with E-state index in [9.17, 15) is 0 Å². The van der Waals surface area contributed by atoms with Crippen LogP contribution in [0.1, 0.15) is 32.6 Å². The highest BCUT2D eigenvalue weighted by molar-refractivity contribution is 5.11. The van der Waals surface area contributed by atoms with Crippen molar-refractivity contribution in [3.8, 4) is 0 Å². The normalized spacial score (nSPS) is 34.9. The maximum Gasteiger partial charge on any atom is 0.0431 e. The van der Waals surface area contributed by atoms with E-state index in [0.717, 1.165) is 37.1 Å². The Balaban J connectivity index is 1.68. The molecule has 2 aliphatic rings. The maximum atomic E-state index is 8.69. The van der Waals surface area contributed by atoms with Gasteiger partial charge in [-0.15, -0.1) is 0 Å². The number of nitrogens with one attached hydrogen (secondary N) is 1. The molecule has 0 amide bonds. The lowest BCUT2D eigenvalue weighted by atomic mass is 9.87. The minimum atomic E-state index is 0.326. The Labute approximate surface area is 92.8 Å². The summed E-state index contributed by atoms with van der Waals surface area (Å²) in [6, 6.07) is 0.642. The molecule has 1 fully saturated rings. The molecule has 0 aromatic heterocycles. The molecule has 1 saturated carbocycles. The molecule has 86 valence electrons. The lowest BCUT2D eigenvalue weighted by molar-refractivity contribution is 0.277. The van der Waals surface area contributed by atoms with Crippen molar-refractivity contribution in [1.82, 2.24) is 5.32 Å². The molecule has 4 unspecified atom stereocenters. The largest absolute Gasteiger partial charge is 0.396 e. The molecular weight excluding hydrogens is 186 g/mol. The fourth-order valence-electron chi connectivity index (χ4n) is 3.12. The van der Waals surface area contributed by atoms with Gasteiger partial charge in [0, 0.05) is 12.6 Å². The van der Waals surface area contributed by atoms with Crippen molar-refractivity contribution >= 4 is 0 Å². The molecule has 15 heavy (non-hydrogen) atoms. The van der Waals surface area contributed by atoms with Crippen molar-refractivity contribution in [2.75, 3.05) is 13.2 Å². The summed E-state index contributed by atoms with van der Waals surface area (Å²) in [6.07, 6.45) is 9.63. The summed E-state index contributed by atoms with van der Waals surface area (Å²) in [5.41, 5.74) is 0. The summed E-state index contributed by atoms with van der Waals surface area (Å²) in [5, 5.41) is 12.3. The summed E-state index contributed by atoms with van der Waals surface area (Å²) in [7, 11) is 0. The molecule has 2 N–H and O–H groups in total. The monoisotopic (exact) mass is 209 g/mol. The fraction of sp³-hybridized carbons (Fsp3) is 0.846. The second-order valence-corrected chi connectivity index (χ2v) is 5.12. The van der Waals surface area contributed by atoms with Crippen LogP contribution in [0.15, 0.2) is 12.2 Å². The van der Waals surface area contributed by atoms with E-state index in [1.165, 1.54) is 12.8 Å². The first kappa shape index (κ1) is 11.2. The van der Waals surface area contributed by atoms with E-state index in [2.05, 4.69) is 24.4 Å². The van der Waals surface area contributed by atoms with Crippen LogP contribution in [-0.2, 0) is 0 Å². The van der Waals surface area contributed by atoms with Crippen LogP contribution in [0.3, 0.4) is 0 Å². The van der Waals surface area contributed by atoms with Crippen molar-refractivity contribution in [3.63, 3.8) is 0 Å². The number of fused-ring (bicyclic) bond motifs is 2. The van der Waals surface area contributed by atoms with Gasteiger partial charge < -0.3 is 10.4 Å². The second kappa shape index (κ2) is 5.13. The number of hydrogen-bond acceptors (Lipinski definition) is 2. The van der Waals surface area contributed by atoms with Gasteiger partial charge in [-0.3, -0.25) is 0 Å². The standard InChI is InChI=1S/C13H23NO/c1-10(14-6-2-3-7-15)13-9-11-4-5-12(13)8-11/h4-5,10-15H,2-3,6-9H2,1H3. The lowest BCUT2D eigenvalue weighted by Crippen LogP contribution is -2.36. The van der Waals surface area contributed by atoms with Gasteiger partial charge in [0.2, 0.25) is 0 Å². The van der Waals surface area contributed by atoms with Crippen LogP contribution >= 0.6 is 0 Å². The van der Waals surface area contributed by atoms with E-state index >= 15 is 0 Å². The highest BCUT2D eigenvalue weighted by Gasteiger charge is 2.37. The SMILES string of the molecule is CC(NCCCCO)C1CC2C=CC1C2. The summed E-state index contributed by atoms with van der Waals surface area (Å²) < 4.78 is 0. The van der Waals surface area contributed by atoms with Gasteiger partial charge in [-0.2, -0.15) is 0 Å². The van der Waals surface area contributed by atoms with Crippen molar-refractivity contribution in [2.45, 2.75) is 38.6 Å². The predicted molar refractivity (Wildman–Crippen MR) is 62.6 cm³/mol. The maximum absolute atomic E-state index is 8.69. The van der Waals surface area contributed by atoms with Crippen molar-refractivity contribution < 1.29 is 5.11 Å². The number of allylic oxidation sites excluding steroid dienone is 2. The van der Waals surface area contributed by atoms with Gasteiger partial charge in [0.15, 0.2) is 0 Å². The fourth-order valence-corrected chi connectivity index (χ4v) is 3.12. The van der Waals surface area contributed by atoms with E-state index in [1.807, 2.05) is 0 Å². The van der Waals surface area contributed by atoms with E-state index < -0.39 is 0 Å². The number of unbranched alkanes of at least 4 members (excludes halogenated alkanes) is 1. The lowest BCUT2D eigenvalue weighted by Gasteiger charge is -2.26. The van der Waals surface area contributed by atoms with E-state index in [0.29, 0.717) is 12.6 Å². The van der Waals surface area contributed by atoms with Gasteiger partial charge in [0.25, 0.3) is 0 Å². The third kappa shape index (κ3) is 2.61. The Kier molecular flexibility index (Phi) is 3.81. The third-order valence-electron chi connectivity index (χ3n) is 4.02. The Morgan fingerprint density at radius 3 is 2.80 bits per heavy atom. The Bertz CT molecular complexity index is 227. The van der Waals surface area contributed by atoms with Crippen LogP contribution in [-0.4, -0.2) is 24.3 Å². The highest BCUT2D eigenvalue weighted by atomic mass is 16.2. The smallest absolute Gasteiger partial charge is 0.0431 e. The van der Waals surface area contributed by atoms with Crippen molar-refractivity contribution in [3.05, 3.63) is 12.2 Å². The molecule has 0 heterocycles. The molecule has 0 saturated heterocycles. The van der Waals surface area contributed by atoms with Gasteiger partial charge in [0.1, 0.15) is 0 Å². The molecule has 4 atom stereocenters. The zero-order valence-corrected chi connectivity index (χ0v) is 9.65. The van der Waals surface area contributed by atoms with Gasteiger partial charge in [-0.05, 0) is 56.9 Å². The first-order chi connectivity index (χ1) is 7.31. The molecular formula is C13H23NO. The first-order valence-electron chi connectivity index (χ1n) is 6.34. The van der Waals surface area contributed by atoms with E-state index in [-0.39, 0.29) is 0 Å². The number of aliphatic hydroxyl groups is 1. The Morgan fingerprint density at radius 1 is 1.33 bits per heavy atom. The molecule has 0 spiro atoms. The molecule has 0 aromatic rings.